The molecule has 1 unspecified atom stereocenters. The summed E-state index contributed by atoms with van der Waals surface area (Å²) in [6.07, 6.45) is 0. The van der Waals surface area contributed by atoms with E-state index < -0.39 is 15.6 Å². The number of furan rings is 1. The second-order valence-electron chi connectivity index (χ2n) is 6.37. The van der Waals surface area contributed by atoms with Crippen LogP contribution in [0.5, 0.6) is 0 Å². The molecule has 2 N–H and O–H groups in total. The van der Waals surface area contributed by atoms with Gasteiger partial charge in [0, 0.05) is 19.0 Å². The second kappa shape index (κ2) is 5.98. The lowest BCUT2D eigenvalue weighted by Gasteiger charge is -2.21. The Balaban J connectivity index is 1.86. The zero-order valence-electron chi connectivity index (χ0n) is 14.6. The van der Waals surface area contributed by atoms with Crippen molar-refractivity contribution in [3.05, 3.63) is 47.5 Å². The van der Waals surface area contributed by atoms with Gasteiger partial charge in [0.05, 0.1) is 11.4 Å². The molecule has 1 aromatic carbocycles. The molecule has 2 heterocycles. The molecular formula is C17H21N3O4S. The van der Waals surface area contributed by atoms with E-state index in [4.69, 9.17) is 4.42 Å². The number of aromatic nitrogens is 2. The molecule has 2 aromatic heterocycles. The van der Waals surface area contributed by atoms with Crippen LogP contribution >= 0.6 is 0 Å². The zero-order valence-corrected chi connectivity index (χ0v) is 15.4. The molecule has 0 amide bonds. The first kappa shape index (κ1) is 17.7. The van der Waals surface area contributed by atoms with Crippen LogP contribution in [0.4, 0.5) is 0 Å². The Bertz CT molecular complexity index is 999. The lowest BCUT2D eigenvalue weighted by molar-refractivity contribution is 0.0411. The molecule has 0 bridgehead atoms. The van der Waals surface area contributed by atoms with E-state index in [1.807, 2.05) is 18.2 Å². The third kappa shape index (κ3) is 3.20. The number of fused-ring (bicyclic) bond motifs is 1. The van der Waals surface area contributed by atoms with E-state index in [9.17, 15) is 13.5 Å². The minimum absolute atomic E-state index is 0.135. The van der Waals surface area contributed by atoms with Gasteiger partial charge in [0.15, 0.2) is 0 Å². The van der Waals surface area contributed by atoms with Crippen molar-refractivity contribution in [3.8, 4) is 0 Å². The number of aliphatic hydroxyl groups is 1. The highest BCUT2D eigenvalue weighted by atomic mass is 32.2. The molecule has 25 heavy (non-hydrogen) atoms. The number of nitrogens with zero attached hydrogens (tertiary/aromatic N) is 2. The quantitative estimate of drug-likeness (QED) is 0.722. The smallest absolute Gasteiger partial charge is 0.244 e. The fourth-order valence-electron chi connectivity index (χ4n) is 2.79. The minimum Gasteiger partial charge on any atom is -0.458 e. The number of hydrogen-bond acceptors (Lipinski definition) is 5. The fraction of sp³-hybridized carbons (Fsp3) is 0.353. The van der Waals surface area contributed by atoms with Crippen molar-refractivity contribution in [2.24, 2.45) is 7.05 Å². The number of para-hydroxylation sites is 1. The van der Waals surface area contributed by atoms with E-state index in [1.54, 1.807) is 33.0 Å². The maximum Gasteiger partial charge on any atom is 0.244 e. The molecule has 7 nitrogen and oxygen atoms in total. The Morgan fingerprint density at radius 3 is 2.60 bits per heavy atom. The summed E-state index contributed by atoms with van der Waals surface area (Å²) in [6, 6.07) is 9.07. The van der Waals surface area contributed by atoms with Crippen LogP contribution in [-0.4, -0.2) is 29.8 Å². The SMILES string of the molecule is Cc1nn(C)c(C)c1S(=O)(=O)NCC(C)(O)c1cc2ccccc2o1. The van der Waals surface area contributed by atoms with Gasteiger partial charge in [-0.3, -0.25) is 4.68 Å². The number of sulfonamides is 1. The highest BCUT2D eigenvalue weighted by molar-refractivity contribution is 7.89. The Morgan fingerprint density at radius 2 is 2.00 bits per heavy atom. The van der Waals surface area contributed by atoms with E-state index >= 15 is 0 Å². The van der Waals surface area contributed by atoms with E-state index in [2.05, 4.69) is 9.82 Å². The van der Waals surface area contributed by atoms with Crippen molar-refractivity contribution < 1.29 is 17.9 Å². The molecule has 0 saturated heterocycles. The zero-order chi connectivity index (χ0) is 18.4. The molecule has 0 aliphatic rings. The van der Waals surface area contributed by atoms with Gasteiger partial charge in [-0.2, -0.15) is 5.10 Å². The topological polar surface area (TPSA) is 97.4 Å². The molecule has 0 radical (unpaired) electrons. The summed E-state index contributed by atoms with van der Waals surface area (Å²) in [7, 11) is -2.12. The average Bonchev–Trinajstić information content (AvgIpc) is 3.08. The molecular weight excluding hydrogens is 342 g/mol. The normalized spacial score (nSPS) is 14.8. The van der Waals surface area contributed by atoms with Gasteiger partial charge in [0.1, 0.15) is 21.8 Å². The van der Waals surface area contributed by atoms with Crippen LogP contribution in [0.1, 0.15) is 24.1 Å². The molecule has 134 valence electrons. The summed E-state index contributed by atoms with van der Waals surface area (Å²) in [4.78, 5) is 0.135. The van der Waals surface area contributed by atoms with Crippen molar-refractivity contribution >= 4 is 21.0 Å². The van der Waals surface area contributed by atoms with E-state index in [-0.39, 0.29) is 11.4 Å². The third-order valence-electron chi connectivity index (χ3n) is 4.27. The minimum atomic E-state index is -3.81. The van der Waals surface area contributed by atoms with Gasteiger partial charge < -0.3 is 9.52 Å². The number of nitrogens with one attached hydrogen (secondary N) is 1. The van der Waals surface area contributed by atoms with Crippen molar-refractivity contribution in [3.63, 3.8) is 0 Å². The van der Waals surface area contributed by atoms with Gasteiger partial charge in [-0.05, 0) is 32.9 Å². The summed E-state index contributed by atoms with van der Waals surface area (Å²) >= 11 is 0. The second-order valence-corrected chi connectivity index (χ2v) is 8.07. The molecule has 8 heteroatoms. The first-order valence-corrected chi connectivity index (χ1v) is 9.31. The van der Waals surface area contributed by atoms with Gasteiger partial charge in [0.25, 0.3) is 0 Å². The van der Waals surface area contributed by atoms with E-state index in [1.165, 1.54) is 11.6 Å². The number of hydrogen-bond donors (Lipinski definition) is 2. The summed E-state index contributed by atoms with van der Waals surface area (Å²) < 4.78 is 34.9. The van der Waals surface area contributed by atoms with Gasteiger partial charge in [-0.15, -0.1) is 0 Å². The number of aryl methyl sites for hydroxylation is 2. The monoisotopic (exact) mass is 363 g/mol. The Labute approximate surface area is 146 Å². The van der Waals surface area contributed by atoms with Gasteiger partial charge in [-0.1, -0.05) is 18.2 Å². The highest BCUT2D eigenvalue weighted by Crippen LogP contribution is 2.28. The summed E-state index contributed by atoms with van der Waals surface area (Å²) in [5.74, 6) is 0.302. The summed E-state index contributed by atoms with van der Waals surface area (Å²) in [5.41, 5.74) is 0.0969. The van der Waals surface area contributed by atoms with Crippen molar-refractivity contribution in [1.29, 1.82) is 0 Å². The Morgan fingerprint density at radius 1 is 1.32 bits per heavy atom. The molecule has 3 rings (SSSR count). The van der Waals surface area contributed by atoms with Crippen LogP contribution < -0.4 is 4.72 Å². The maximum absolute atomic E-state index is 12.6. The largest absolute Gasteiger partial charge is 0.458 e. The first-order valence-electron chi connectivity index (χ1n) is 7.83. The van der Waals surface area contributed by atoms with Crippen molar-refractivity contribution in [1.82, 2.24) is 14.5 Å². The Kier molecular flexibility index (Phi) is 4.22. The lowest BCUT2D eigenvalue weighted by atomic mass is 10.0. The molecule has 3 aromatic rings. The third-order valence-corrected chi connectivity index (χ3v) is 5.93. The first-order chi connectivity index (χ1) is 11.6. The molecule has 0 fully saturated rings. The highest BCUT2D eigenvalue weighted by Gasteiger charge is 2.31. The van der Waals surface area contributed by atoms with Crippen LogP contribution in [0.25, 0.3) is 11.0 Å². The van der Waals surface area contributed by atoms with E-state index in [0.29, 0.717) is 22.7 Å². The average molecular weight is 363 g/mol. The summed E-state index contributed by atoms with van der Waals surface area (Å²) in [5, 5.41) is 15.7. The maximum atomic E-state index is 12.6. The van der Waals surface area contributed by atoms with Crippen LogP contribution in [0.15, 0.2) is 39.6 Å². The molecule has 0 aliphatic heterocycles. The lowest BCUT2D eigenvalue weighted by Crippen LogP contribution is -2.38. The van der Waals surface area contributed by atoms with Crippen LogP contribution in [0.3, 0.4) is 0 Å². The number of rotatable bonds is 5. The Hall–Kier alpha value is -2.16. The van der Waals surface area contributed by atoms with Crippen LogP contribution in [-0.2, 0) is 22.7 Å². The summed E-state index contributed by atoms with van der Waals surface area (Å²) in [6.45, 7) is 4.62. The predicted molar refractivity (Wildman–Crippen MR) is 93.7 cm³/mol. The van der Waals surface area contributed by atoms with Crippen molar-refractivity contribution in [2.75, 3.05) is 6.54 Å². The van der Waals surface area contributed by atoms with Gasteiger partial charge in [-0.25, -0.2) is 13.1 Å². The molecule has 1 atom stereocenters. The van der Waals surface area contributed by atoms with Crippen molar-refractivity contribution in [2.45, 2.75) is 31.3 Å². The molecule has 0 spiro atoms. The number of benzene rings is 1. The van der Waals surface area contributed by atoms with E-state index in [0.717, 1.165) is 5.39 Å². The van der Waals surface area contributed by atoms with Gasteiger partial charge in [0.2, 0.25) is 10.0 Å². The molecule has 0 saturated carbocycles. The van der Waals surface area contributed by atoms with Crippen LogP contribution in [0, 0.1) is 13.8 Å². The molecule has 0 aliphatic carbocycles. The van der Waals surface area contributed by atoms with Gasteiger partial charge >= 0.3 is 0 Å². The standard InChI is InChI=1S/C17H21N3O4S/c1-11-16(12(2)20(4)19-11)25(22,23)18-10-17(3,21)15-9-13-7-5-6-8-14(13)24-15/h5-9,18,21H,10H2,1-4H3. The predicted octanol–water partition coefficient (Wildman–Crippen LogP) is 1.97. The van der Waals surface area contributed by atoms with Crippen LogP contribution in [0.2, 0.25) is 0 Å². The fourth-order valence-corrected chi connectivity index (χ4v) is 4.35.